The van der Waals surface area contributed by atoms with Crippen LogP contribution in [0.3, 0.4) is 0 Å². The normalized spacial score (nSPS) is 10.5. The van der Waals surface area contributed by atoms with Crippen LogP contribution in [0.15, 0.2) is 24.3 Å². The molecule has 0 aliphatic carbocycles. The summed E-state index contributed by atoms with van der Waals surface area (Å²) in [7, 11) is 1.84. The van der Waals surface area contributed by atoms with Gasteiger partial charge in [0.05, 0.1) is 12.1 Å². The molecule has 0 spiro atoms. The molecule has 0 N–H and O–H groups in total. The standard InChI is InChI=1S/C9H10ClN4/c1-7-13(2)11-12-14(7)9-6-4-3-5-8(9)10/h3-6H,1-2H3/q+1. The zero-order valence-electron chi connectivity index (χ0n) is 7.98. The lowest BCUT2D eigenvalue weighted by atomic mass is 10.3. The average molecular weight is 210 g/mol. The van der Waals surface area contributed by atoms with Crippen molar-refractivity contribution in [1.29, 1.82) is 0 Å². The van der Waals surface area contributed by atoms with E-state index in [1.54, 1.807) is 9.36 Å². The first-order valence-electron chi connectivity index (χ1n) is 4.23. The van der Waals surface area contributed by atoms with Gasteiger partial charge in [0.2, 0.25) is 0 Å². The summed E-state index contributed by atoms with van der Waals surface area (Å²) >= 11 is 6.04. The van der Waals surface area contributed by atoms with E-state index in [1.165, 1.54) is 0 Å². The molecule has 0 aliphatic rings. The van der Waals surface area contributed by atoms with E-state index in [9.17, 15) is 0 Å². The van der Waals surface area contributed by atoms with Crippen LogP contribution in [0.1, 0.15) is 5.82 Å². The number of hydrogen-bond acceptors (Lipinski definition) is 2. The van der Waals surface area contributed by atoms with Gasteiger partial charge in [-0.05, 0) is 12.1 Å². The topological polar surface area (TPSA) is 34.6 Å². The fourth-order valence-corrected chi connectivity index (χ4v) is 1.43. The van der Waals surface area contributed by atoms with Crippen molar-refractivity contribution in [2.45, 2.75) is 6.92 Å². The minimum atomic E-state index is 0.668. The van der Waals surface area contributed by atoms with Gasteiger partial charge in [-0.2, -0.15) is 0 Å². The van der Waals surface area contributed by atoms with Gasteiger partial charge in [-0.1, -0.05) is 28.4 Å². The second-order valence-electron chi connectivity index (χ2n) is 3.01. The smallest absolute Gasteiger partial charge is 0.140 e. The Morgan fingerprint density at radius 1 is 1.36 bits per heavy atom. The van der Waals surface area contributed by atoms with Crippen LogP contribution in [0.5, 0.6) is 0 Å². The van der Waals surface area contributed by atoms with Crippen molar-refractivity contribution < 1.29 is 4.68 Å². The van der Waals surface area contributed by atoms with Crippen molar-refractivity contribution >= 4 is 11.6 Å². The first kappa shape index (κ1) is 9.15. The lowest BCUT2D eigenvalue weighted by molar-refractivity contribution is -0.737. The number of halogens is 1. The number of rotatable bonds is 1. The van der Waals surface area contributed by atoms with E-state index in [4.69, 9.17) is 11.6 Å². The molecule has 5 heteroatoms. The molecule has 0 radical (unpaired) electrons. The molecule has 72 valence electrons. The van der Waals surface area contributed by atoms with Crippen LogP contribution in [0, 0.1) is 6.92 Å². The molecule has 0 fully saturated rings. The highest BCUT2D eigenvalue weighted by Crippen LogP contribution is 2.18. The van der Waals surface area contributed by atoms with E-state index in [2.05, 4.69) is 10.4 Å². The highest BCUT2D eigenvalue weighted by atomic mass is 35.5. The highest BCUT2D eigenvalue weighted by Gasteiger charge is 2.17. The van der Waals surface area contributed by atoms with Gasteiger partial charge < -0.3 is 0 Å². The molecule has 1 aromatic carbocycles. The Bertz CT molecular complexity index is 464. The second kappa shape index (κ2) is 3.38. The van der Waals surface area contributed by atoms with Crippen LogP contribution in [0.4, 0.5) is 0 Å². The molecule has 0 aliphatic heterocycles. The molecule has 14 heavy (non-hydrogen) atoms. The summed E-state index contributed by atoms with van der Waals surface area (Å²) in [5.74, 6) is 0.929. The molecule has 2 aromatic rings. The largest absolute Gasteiger partial charge is 0.259 e. The van der Waals surface area contributed by atoms with Crippen molar-refractivity contribution in [3.05, 3.63) is 35.1 Å². The molecule has 0 saturated heterocycles. The summed E-state index contributed by atoms with van der Waals surface area (Å²) in [5.41, 5.74) is 0.847. The Balaban J connectivity index is 2.60. The minimum absolute atomic E-state index is 0.668. The SMILES string of the molecule is Cc1n(-c2ccccc2Cl)nn[n+]1C. The van der Waals surface area contributed by atoms with E-state index in [1.807, 2.05) is 38.2 Å². The number of para-hydroxylation sites is 1. The Hall–Kier alpha value is -1.42. The predicted octanol–water partition coefficient (Wildman–Crippen LogP) is 1.05. The minimum Gasteiger partial charge on any atom is -0.140 e. The molecule has 0 bridgehead atoms. The third-order valence-corrected chi connectivity index (χ3v) is 2.44. The van der Waals surface area contributed by atoms with Crippen LogP contribution < -0.4 is 4.68 Å². The van der Waals surface area contributed by atoms with Gasteiger partial charge >= 0.3 is 0 Å². The van der Waals surface area contributed by atoms with Gasteiger partial charge in [-0.3, -0.25) is 0 Å². The number of nitrogens with zero attached hydrogens (tertiary/aromatic N) is 4. The number of aryl methyl sites for hydroxylation is 1. The van der Waals surface area contributed by atoms with E-state index in [-0.39, 0.29) is 0 Å². The molecule has 1 heterocycles. The molecule has 1 aromatic heterocycles. The first-order valence-corrected chi connectivity index (χ1v) is 4.61. The van der Waals surface area contributed by atoms with Crippen molar-refractivity contribution in [3.63, 3.8) is 0 Å². The Morgan fingerprint density at radius 3 is 2.64 bits per heavy atom. The molecule has 0 saturated carbocycles. The third-order valence-electron chi connectivity index (χ3n) is 2.12. The van der Waals surface area contributed by atoms with Crippen LogP contribution in [-0.2, 0) is 7.05 Å². The molecular formula is C9H10ClN4+. The van der Waals surface area contributed by atoms with Crippen molar-refractivity contribution in [3.8, 4) is 5.69 Å². The van der Waals surface area contributed by atoms with E-state index >= 15 is 0 Å². The molecule has 0 amide bonds. The summed E-state index contributed by atoms with van der Waals surface area (Å²) in [6.45, 7) is 1.93. The lowest BCUT2D eigenvalue weighted by Gasteiger charge is -1.96. The molecule has 0 unspecified atom stereocenters. The molecular weight excluding hydrogens is 200 g/mol. The predicted molar refractivity (Wildman–Crippen MR) is 52.3 cm³/mol. The molecule has 0 atom stereocenters. The van der Waals surface area contributed by atoms with Gasteiger partial charge in [-0.15, -0.1) is 4.68 Å². The summed E-state index contributed by atoms with van der Waals surface area (Å²) in [5, 5.41) is 8.56. The van der Waals surface area contributed by atoms with Crippen molar-refractivity contribution in [2.75, 3.05) is 0 Å². The Morgan fingerprint density at radius 2 is 2.07 bits per heavy atom. The summed E-state index contributed by atoms with van der Waals surface area (Å²) < 4.78 is 3.41. The monoisotopic (exact) mass is 209 g/mol. The average Bonchev–Trinajstić information content (AvgIpc) is 2.49. The quantitative estimate of drug-likeness (QED) is 0.659. The van der Waals surface area contributed by atoms with Crippen LogP contribution in [0.25, 0.3) is 5.69 Å². The first-order chi connectivity index (χ1) is 6.70. The van der Waals surface area contributed by atoms with Crippen LogP contribution >= 0.6 is 11.6 Å². The zero-order chi connectivity index (χ0) is 10.1. The maximum absolute atomic E-state index is 6.04. The molecule has 2 rings (SSSR count). The maximum Gasteiger partial charge on any atom is 0.259 e. The summed E-state index contributed by atoms with van der Waals surface area (Å²) in [4.78, 5) is 0. The van der Waals surface area contributed by atoms with Gasteiger partial charge in [0, 0.05) is 6.92 Å². The Labute approximate surface area is 86.7 Å². The zero-order valence-corrected chi connectivity index (χ0v) is 8.73. The van der Waals surface area contributed by atoms with Gasteiger partial charge in [0.25, 0.3) is 5.82 Å². The molecule has 4 nitrogen and oxygen atoms in total. The van der Waals surface area contributed by atoms with Crippen LogP contribution in [-0.4, -0.2) is 15.1 Å². The van der Waals surface area contributed by atoms with E-state index in [0.29, 0.717) is 5.02 Å². The number of aromatic nitrogens is 4. The number of tetrazole rings is 1. The van der Waals surface area contributed by atoms with Gasteiger partial charge in [0.15, 0.2) is 10.9 Å². The van der Waals surface area contributed by atoms with E-state index in [0.717, 1.165) is 11.5 Å². The van der Waals surface area contributed by atoms with Crippen molar-refractivity contribution in [2.24, 2.45) is 7.05 Å². The lowest BCUT2D eigenvalue weighted by Crippen LogP contribution is -2.33. The second-order valence-corrected chi connectivity index (χ2v) is 3.42. The Kier molecular flexibility index (Phi) is 2.21. The fourth-order valence-electron chi connectivity index (χ4n) is 1.21. The third kappa shape index (κ3) is 1.37. The van der Waals surface area contributed by atoms with Gasteiger partial charge in [-0.25, -0.2) is 0 Å². The van der Waals surface area contributed by atoms with Gasteiger partial charge in [0.1, 0.15) is 5.21 Å². The summed E-state index contributed by atoms with van der Waals surface area (Å²) in [6, 6.07) is 7.54. The van der Waals surface area contributed by atoms with E-state index < -0.39 is 0 Å². The number of benzene rings is 1. The fraction of sp³-hybridized carbons (Fsp3) is 0.222. The maximum atomic E-state index is 6.04. The summed E-state index contributed by atoms with van der Waals surface area (Å²) in [6.07, 6.45) is 0. The van der Waals surface area contributed by atoms with Crippen molar-refractivity contribution in [1.82, 2.24) is 15.1 Å². The number of hydrogen-bond donors (Lipinski definition) is 0. The highest BCUT2D eigenvalue weighted by molar-refractivity contribution is 6.32. The van der Waals surface area contributed by atoms with Crippen LogP contribution in [0.2, 0.25) is 5.02 Å².